The molecule has 10 heteroatoms. The van der Waals surface area contributed by atoms with Gasteiger partial charge in [0.2, 0.25) is 10.0 Å². The third-order valence-corrected chi connectivity index (χ3v) is 6.22. The van der Waals surface area contributed by atoms with Crippen LogP contribution in [0.4, 0.5) is 0 Å². The molecule has 2 saturated heterocycles. The molecule has 2 fully saturated rings. The smallest absolute Gasteiger partial charge is 0.287 e. The van der Waals surface area contributed by atoms with Gasteiger partial charge < -0.3 is 14.5 Å². The summed E-state index contributed by atoms with van der Waals surface area (Å²) >= 11 is 0. The molecule has 3 heterocycles. The number of fused-ring (bicyclic) bond motifs is 1. The maximum atomic E-state index is 12.7. The minimum Gasteiger partial charge on any atom is -0.459 e. The fourth-order valence-electron chi connectivity index (χ4n) is 3.25. The lowest BCUT2D eigenvalue weighted by Gasteiger charge is -2.23. The van der Waals surface area contributed by atoms with Gasteiger partial charge in [-0.2, -0.15) is 0 Å². The summed E-state index contributed by atoms with van der Waals surface area (Å²) in [5.41, 5.74) is 0. The SMILES string of the molecule is COCCN1C(=O)[C@@H]2C[C@H](NC(=O)c3ccco3)CN2CCS1(=O)=O. The molecule has 0 spiro atoms. The Balaban J connectivity index is 1.70. The molecular weight excluding hydrogens is 350 g/mol. The van der Waals surface area contributed by atoms with Gasteiger partial charge in [-0.15, -0.1) is 0 Å². The largest absolute Gasteiger partial charge is 0.459 e. The lowest BCUT2D eigenvalue weighted by Crippen LogP contribution is -2.45. The van der Waals surface area contributed by atoms with Crippen molar-refractivity contribution in [3.8, 4) is 0 Å². The molecule has 0 unspecified atom stereocenters. The van der Waals surface area contributed by atoms with E-state index >= 15 is 0 Å². The maximum absolute atomic E-state index is 12.7. The van der Waals surface area contributed by atoms with Crippen LogP contribution in [0, 0.1) is 0 Å². The van der Waals surface area contributed by atoms with Gasteiger partial charge in [0.05, 0.1) is 31.2 Å². The van der Waals surface area contributed by atoms with E-state index in [9.17, 15) is 18.0 Å². The topological polar surface area (TPSA) is 109 Å². The van der Waals surface area contributed by atoms with Crippen LogP contribution in [0.5, 0.6) is 0 Å². The highest BCUT2D eigenvalue weighted by Gasteiger charge is 2.45. The Bertz CT molecular complexity index is 732. The number of methoxy groups -OCH3 is 1. The second kappa shape index (κ2) is 7.14. The fourth-order valence-corrected chi connectivity index (χ4v) is 4.68. The predicted molar refractivity (Wildman–Crippen MR) is 87.3 cm³/mol. The van der Waals surface area contributed by atoms with E-state index < -0.39 is 22.0 Å². The van der Waals surface area contributed by atoms with Crippen LogP contribution in [0.25, 0.3) is 0 Å². The molecule has 3 rings (SSSR count). The van der Waals surface area contributed by atoms with E-state index in [-0.39, 0.29) is 43.2 Å². The molecule has 2 amide bonds. The van der Waals surface area contributed by atoms with Crippen LogP contribution in [0.3, 0.4) is 0 Å². The summed E-state index contributed by atoms with van der Waals surface area (Å²) in [5, 5.41) is 2.84. The number of carbonyl (C=O) groups is 2. The zero-order valence-corrected chi connectivity index (χ0v) is 14.7. The van der Waals surface area contributed by atoms with Gasteiger partial charge in [-0.3, -0.25) is 14.5 Å². The van der Waals surface area contributed by atoms with Crippen molar-refractivity contribution in [2.75, 3.05) is 39.1 Å². The first-order chi connectivity index (χ1) is 11.9. The average Bonchev–Trinajstić information content (AvgIpc) is 3.21. The summed E-state index contributed by atoms with van der Waals surface area (Å²) in [6.45, 7) is 0.841. The van der Waals surface area contributed by atoms with E-state index in [2.05, 4.69) is 5.32 Å². The van der Waals surface area contributed by atoms with Gasteiger partial charge in [0.25, 0.3) is 11.8 Å². The van der Waals surface area contributed by atoms with Crippen molar-refractivity contribution in [3.05, 3.63) is 24.2 Å². The number of sulfonamides is 1. The van der Waals surface area contributed by atoms with Gasteiger partial charge in [0.1, 0.15) is 0 Å². The highest BCUT2D eigenvalue weighted by molar-refractivity contribution is 7.89. The van der Waals surface area contributed by atoms with Crippen molar-refractivity contribution >= 4 is 21.8 Å². The van der Waals surface area contributed by atoms with Gasteiger partial charge >= 0.3 is 0 Å². The van der Waals surface area contributed by atoms with Crippen molar-refractivity contribution in [1.29, 1.82) is 0 Å². The molecule has 2 aliphatic heterocycles. The first-order valence-corrected chi connectivity index (χ1v) is 9.65. The number of rotatable bonds is 5. The Labute approximate surface area is 145 Å². The number of hydrogen-bond donors (Lipinski definition) is 1. The number of ether oxygens (including phenoxy) is 1. The van der Waals surface area contributed by atoms with Gasteiger partial charge in [-0.1, -0.05) is 0 Å². The van der Waals surface area contributed by atoms with Crippen molar-refractivity contribution in [2.24, 2.45) is 0 Å². The van der Waals surface area contributed by atoms with E-state index in [1.54, 1.807) is 12.1 Å². The Hall–Kier alpha value is -1.91. The number of nitrogens with zero attached hydrogens (tertiary/aromatic N) is 2. The molecule has 138 valence electrons. The van der Waals surface area contributed by atoms with E-state index in [1.165, 1.54) is 13.4 Å². The fraction of sp³-hybridized carbons (Fsp3) is 0.600. The molecule has 0 bridgehead atoms. The van der Waals surface area contributed by atoms with Crippen LogP contribution in [-0.4, -0.2) is 80.6 Å². The second-order valence-electron chi connectivity index (χ2n) is 6.11. The molecule has 0 aromatic carbocycles. The molecule has 0 radical (unpaired) electrons. The minimum atomic E-state index is -3.64. The molecule has 2 aliphatic rings. The zero-order chi connectivity index (χ0) is 18.0. The number of hydrogen-bond acceptors (Lipinski definition) is 7. The molecule has 1 aromatic heterocycles. The molecule has 25 heavy (non-hydrogen) atoms. The highest BCUT2D eigenvalue weighted by atomic mass is 32.2. The average molecular weight is 371 g/mol. The molecular formula is C15H21N3O6S. The third-order valence-electron chi connectivity index (χ3n) is 4.49. The van der Waals surface area contributed by atoms with E-state index in [4.69, 9.17) is 9.15 Å². The zero-order valence-electron chi connectivity index (χ0n) is 13.9. The lowest BCUT2D eigenvalue weighted by molar-refractivity contribution is -0.131. The number of nitrogens with one attached hydrogen (secondary N) is 1. The van der Waals surface area contributed by atoms with Gasteiger partial charge in [-0.25, -0.2) is 12.7 Å². The number of amides is 2. The van der Waals surface area contributed by atoms with E-state index in [0.29, 0.717) is 13.0 Å². The van der Waals surface area contributed by atoms with Crippen molar-refractivity contribution in [2.45, 2.75) is 18.5 Å². The van der Waals surface area contributed by atoms with Gasteiger partial charge in [-0.05, 0) is 18.6 Å². The Morgan fingerprint density at radius 3 is 2.96 bits per heavy atom. The first-order valence-electron chi connectivity index (χ1n) is 8.04. The lowest BCUT2D eigenvalue weighted by atomic mass is 10.1. The summed E-state index contributed by atoms with van der Waals surface area (Å²) in [5.74, 6) is -0.719. The molecule has 1 aromatic rings. The van der Waals surface area contributed by atoms with Crippen LogP contribution in [0.2, 0.25) is 0 Å². The summed E-state index contributed by atoms with van der Waals surface area (Å²) in [4.78, 5) is 26.6. The maximum Gasteiger partial charge on any atom is 0.287 e. The van der Waals surface area contributed by atoms with Crippen LogP contribution in [0.15, 0.2) is 22.8 Å². The van der Waals surface area contributed by atoms with Gasteiger partial charge in [0.15, 0.2) is 5.76 Å². The van der Waals surface area contributed by atoms with Crippen LogP contribution >= 0.6 is 0 Å². The monoisotopic (exact) mass is 371 g/mol. The van der Waals surface area contributed by atoms with E-state index in [0.717, 1.165) is 4.31 Å². The van der Waals surface area contributed by atoms with Crippen LogP contribution in [0.1, 0.15) is 17.0 Å². The predicted octanol–water partition coefficient (Wildman–Crippen LogP) is -0.729. The summed E-state index contributed by atoms with van der Waals surface area (Å²) < 4.78 is 35.5. The first kappa shape index (κ1) is 17.9. The van der Waals surface area contributed by atoms with E-state index in [1.807, 2.05) is 4.90 Å². The summed E-state index contributed by atoms with van der Waals surface area (Å²) in [6.07, 6.45) is 1.78. The van der Waals surface area contributed by atoms with Crippen LogP contribution in [-0.2, 0) is 19.6 Å². The summed E-state index contributed by atoms with van der Waals surface area (Å²) in [6, 6.07) is 2.39. The second-order valence-corrected chi connectivity index (χ2v) is 8.13. The molecule has 0 saturated carbocycles. The third kappa shape index (κ3) is 3.70. The van der Waals surface area contributed by atoms with Gasteiger partial charge in [0, 0.05) is 26.2 Å². The van der Waals surface area contributed by atoms with Crippen molar-refractivity contribution in [1.82, 2.24) is 14.5 Å². The normalized spacial score (nSPS) is 26.3. The van der Waals surface area contributed by atoms with Crippen molar-refractivity contribution in [3.63, 3.8) is 0 Å². The Morgan fingerprint density at radius 2 is 2.28 bits per heavy atom. The number of furan rings is 1. The van der Waals surface area contributed by atoms with Crippen LogP contribution < -0.4 is 5.32 Å². The molecule has 1 N–H and O–H groups in total. The highest BCUT2D eigenvalue weighted by Crippen LogP contribution is 2.24. The number of carbonyl (C=O) groups excluding carboxylic acids is 2. The minimum absolute atomic E-state index is 0.00538. The van der Waals surface area contributed by atoms with Crippen molar-refractivity contribution < 1.29 is 27.2 Å². The Kier molecular flexibility index (Phi) is 5.11. The molecule has 0 aliphatic carbocycles. The summed E-state index contributed by atoms with van der Waals surface area (Å²) in [7, 11) is -2.18. The molecule has 2 atom stereocenters. The molecule has 9 nitrogen and oxygen atoms in total. The Morgan fingerprint density at radius 1 is 1.48 bits per heavy atom. The standard InChI is InChI=1S/C15H21N3O6S/c1-23-7-4-18-15(20)12-9-11(10-17(12)5-8-25(18,21)22)16-14(19)13-3-2-6-24-13/h2-3,6,11-12H,4-5,7-10H2,1H3,(H,16,19)/t11-,12-/m0/s1. The quantitative estimate of drug-likeness (QED) is 0.727.